The second-order valence-electron chi connectivity index (χ2n) is 4.95. The molecule has 0 spiro atoms. The molecule has 0 fully saturated rings. The van der Waals surface area contributed by atoms with Gasteiger partial charge >= 0.3 is 0 Å². The van der Waals surface area contributed by atoms with Crippen molar-refractivity contribution in [2.45, 2.75) is 12.5 Å². The Hall–Kier alpha value is -3.09. The lowest BCUT2D eigenvalue weighted by molar-refractivity contribution is 0.0836. The lowest BCUT2D eigenvalue weighted by Crippen LogP contribution is -2.20. The summed E-state index contributed by atoms with van der Waals surface area (Å²) in [4.78, 5) is 12.2. The summed E-state index contributed by atoms with van der Waals surface area (Å²) >= 11 is 0. The van der Waals surface area contributed by atoms with Crippen molar-refractivity contribution in [1.29, 1.82) is 0 Å². The minimum atomic E-state index is -0.835. The van der Waals surface area contributed by atoms with Crippen LogP contribution in [0.5, 0.6) is 34.5 Å². The minimum absolute atomic E-state index is 0.130. The molecule has 0 saturated carbocycles. The smallest absolute Gasteiger partial charge is 0.201 e. The number of hydrogen-bond donors (Lipinski definition) is 5. The van der Waals surface area contributed by atoms with E-state index in [0.717, 1.165) is 6.07 Å². The number of fused-ring (bicyclic) bond motifs is 1. The van der Waals surface area contributed by atoms with Gasteiger partial charge in [-0.05, 0) is 17.7 Å². The molecule has 1 atom stereocenters. The Morgan fingerprint density at radius 1 is 0.909 bits per heavy atom. The number of carbonyl (C=O) groups is 1. The predicted octanol–water partition coefficient (Wildman–Crippen LogP) is 1.92. The van der Waals surface area contributed by atoms with E-state index >= 15 is 0 Å². The molecule has 7 heteroatoms. The SMILES string of the molecule is O=C1C[C@@H](c2ccc(O)c(O)c2)Oc2c(O)c(O)cc(O)c21. The van der Waals surface area contributed by atoms with Gasteiger partial charge in [-0.25, -0.2) is 0 Å². The van der Waals surface area contributed by atoms with Crippen molar-refractivity contribution < 1.29 is 35.1 Å². The first-order chi connectivity index (χ1) is 10.4. The molecule has 0 aromatic heterocycles. The van der Waals surface area contributed by atoms with E-state index in [-0.39, 0.29) is 29.2 Å². The van der Waals surface area contributed by atoms with Crippen molar-refractivity contribution in [3.63, 3.8) is 0 Å². The average molecular weight is 304 g/mol. The van der Waals surface area contributed by atoms with Crippen molar-refractivity contribution in [2.75, 3.05) is 0 Å². The number of ketones is 1. The van der Waals surface area contributed by atoms with Crippen LogP contribution in [0.25, 0.3) is 0 Å². The molecule has 1 aliphatic rings. The Kier molecular flexibility index (Phi) is 2.98. The van der Waals surface area contributed by atoms with Gasteiger partial charge in [-0.1, -0.05) is 6.07 Å². The summed E-state index contributed by atoms with van der Waals surface area (Å²) in [6.45, 7) is 0. The van der Waals surface area contributed by atoms with Gasteiger partial charge in [0.15, 0.2) is 28.8 Å². The molecule has 22 heavy (non-hydrogen) atoms. The number of benzene rings is 2. The van der Waals surface area contributed by atoms with Gasteiger partial charge in [0.05, 0.1) is 6.42 Å². The fourth-order valence-corrected chi connectivity index (χ4v) is 2.39. The number of hydrogen-bond acceptors (Lipinski definition) is 7. The van der Waals surface area contributed by atoms with Crippen LogP contribution in [-0.2, 0) is 0 Å². The third kappa shape index (κ3) is 2.03. The van der Waals surface area contributed by atoms with Crippen LogP contribution in [0, 0.1) is 0 Å². The molecule has 1 heterocycles. The molecular weight excluding hydrogens is 292 g/mol. The first kappa shape index (κ1) is 13.9. The molecule has 0 saturated heterocycles. The van der Waals surface area contributed by atoms with Crippen molar-refractivity contribution in [2.24, 2.45) is 0 Å². The van der Waals surface area contributed by atoms with Gasteiger partial charge in [0.2, 0.25) is 5.75 Å². The van der Waals surface area contributed by atoms with Gasteiger partial charge in [-0.15, -0.1) is 0 Å². The van der Waals surface area contributed by atoms with Crippen molar-refractivity contribution in [3.05, 3.63) is 35.4 Å². The quantitative estimate of drug-likeness (QED) is 0.402. The second kappa shape index (κ2) is 4.73. The fraction of sp³-hybridized carbons (Fsp3) is 0.133. The normalized spacial score (nSPS) is 16.9. The third-order valence-corrected chi connectivity index (χ3v) is 3.50. The van der Waals surface area contributed by atoms with Crippen molar-refractivity contribution in [3.8, 4) is 34.5 Å². The molecule has 1 aliphatic heterocycles. The highest BCUT2D eigenvalue weighted by atomic mass is 16.5. The van der Waals surface area contributed by atoms with Crippen LogP contribution < -0.4 is 4.74 Å². The topological polar surface area (TPSA) is 127 Å². The Morgan fingerprint density at radius 2 is 1.64 bits per heavy atom. The summed E-state index contributed by atoms with van der Waals surface area (Å²) < 4.78 is 5.49. The Morgan fingerprint density at radius 3 is 2.32 bits per heavy atom. The standard InChI is InChI=1S/C15H12O7/c16-7-2-1-6(3-8(7)17)12-5-10(19)13-9(18)4-11(20)14(21)15(13)22-12/h1-4,12,16-18,20-21H,5H2/t12-/m0/s1. The van der Waals surface area contributed by atoms with E-state index in [1.54, 1.807) is 0 Å². The molecule has 5 N–H and O–H groups in total. The molecule has 114 valence electrons. The molecule has 0 aliphatic carbocycles. The maximum absolute atomic E-state index is 12.2. The zero-order chi connectivity index (χ0) is 16.0. The van der Waals surface area contributed by atoms with Crippen LogP contribution in [0.2, 0.25) is 0 Å². The highest BCUT2D eigenvalue weighted by Gasteiger charge is 2.34. The largest absolute Gasteiger partial charge is 0.507 e. The molecule has 2 aromatic carbocycles. The number of ether oxygens (including phenoxy) is 1. The van der Waals surface area contributed by atoms with Crippen molar-refractivity contribution >= 4 is 5.78 Å². The number of aromatic hydroxyl groups is 5. The van der Waals surface area contributed by atoms with E-state index < -0.39 is 29.1 Å². The van der Waals surface area contributed by atoms with E-state index in [1.807, 2.05) is 0 Å². The van der Waals surface area contributed by atoms with Gasteiger partial charge in [-0.3, -0.25) is 4.79 Å². The highest BCUT2D eigenvalue weighted by Crippen LogP contribution is 2.49. The molecular formula is C15H12O7. The maximum Gasteiger partial charge on any atom is 0.201 e. The van der Waals surface area contributed by atoms with Gasteiger partial charge in [0, 0.05) is 6.07 Å². The van der Waals surface area contributed by atoms with E-state index in [2.05, 4.69) is 0 Å². The number of carbonyl (C=O) groups excluding carboxylic acids is 1. The van der Waals surface area contributed by atoms with Crippen molar-refractivity contribution in [1.82, 2.24) is 0 Å². The summed E-state index contributed by atoms with van der Waals surface area (Å²) in [7, 11) is 0. The molecule has 0 unspecified atom stereocenters. The predicted molar refractivity (Wildman–Crippen MR) is 73.5 cm³/mol. The molecule has 3 rings (SSSR count). The first-order valence-corrected chi connectivity index (χ1v) is 6.38. The average Bonchev–Trinajstić information content (AvgIpc) is 2.47. The van der Waals surface area contributed by atoms with Gasteiger partial charge < -0.3 is 30.3 Å². The zero-order valence-electron chi connectivity index (χ0n) is 11.1. The van der Waals surface area contributed by atoms with Crippen LogP contribution >= 0.6 is 0 Å². The summed E-state index contributed by atoms with van der Waals surface area (Å²) in [5, 5.41) is 47.9. The van der Waals surface area contributed by atoms with Gasteiger partial charge in [-0.2, -0.15) is 0 Å². The molecule has 0 radical (unpaired) electrons. The maximum atomic E-state index is 12.2. The fourth-order valence-electron chi connectivity index (χ4n) is 2.39. The van der Waals surface area contributed by atoms with Crippen LogP contribution in [0.15, 0.2) is 24.3 Å². The summed E-state index contributed by atoms with van der Waals surface area (Å²) in [5.74, 6) is -3.22. The zero-order valence-corrected chi connectivity index (χ0v) is 11.1. The summed E-state index contributed by atoms with van der Waals surface area (Å²) in [6.07, 6.45) is -0.965. The third-order valence-electron chi connectivity index (χ3n) is 3.50. The van der Waals surface area contributed by atoms with Crippen LogP contribution in [0.3, 0.4) is 0 Å². The van der Waals surface area contributed by atoms with Gasteiger partial charge in [0.25, 0.3) is 0 Å². The Balaban J connectivity index is 2.07. The Labute approximate surface area is 124 Å². The monoisotopic (exact) mass is 304 g/mol. The van der Waals surface area contributed by atoms with Crippen LogP contribution in [-0.4, -0.2) is 31.3 Å². The lowest BCUT2D eigenvalue weighted by atomic mass is 9.95. The first-order valence-electron chi connectivity index (χ1n) is 6.38. The van der Waals surface area contributed by atoms with E-state index in [1.165, 1.54) is 18.2 Å². The van der Waals surface area contributed by atoms with Gasteiger partial charge in [0.1, 0.15) is 17.4 Å². The summed E-state index contributed by atoms with van der Waals surface area (Å²) in [5.41, 5.74) is 0.200. The van der Waals surface area contributed by atoms with Crippen LogP contribution in [0.1, 0.15) is 28.4 Å². The van der Waals surface area contributed by atoms with E-state index in [0.29, 0.717) is 5.56 Å². The number of Topliss-reactive ketones (excluding diaryl/α,β-unsaturated/α-hetero) is 1. The second-order valence-corrected chi connectivity index (χ2v) is 4.95. The number of rotatable bonds is 1. The number of phenolic OH excluding ortho intramolecular Hbond substituents is 5. The van der Waals surface area contributed by atoms with E-state index in [9.17, 15) is 30.3 Å². The minimum Gasteiger partial charge on any atom is -0.507 e. The highest BCUT2D eigenvalue weighted by molar-refractivity contribution is 6.03. The number of phenols is 5. The summed E-state index contributed by atoms with van der Waals surface area (Å²) in [6, 6.07) is 4.80. The Bertz CT molecular complexity index is 782. The molecule has 2 aromatic rings. The van der Waals surface area contributed by atoms with E-state index in [4.69, 9.17) is 4.74 Å². The van der Waals surface area contributed by atoms with Crippen LogP contribution in [0.4, 0.5) is 0 Å². The molecule has 7 nitrogen and oxygen atoms in total. The lowest BCUT2D eigenvalue weighted by Gasteiger charge is -2.26. The molecule has 0 bridgehead atoms. The molecule has 0 amide bonds.